The van der Waals surface area contributed by atoms with E-state index in [9.17, 15) is 4.39 Å². The second-order valence-corrected chi connectivity index (χ2v) is 1.70. The summed E-state index contributed by atoms with van der Waals surface area (Å²) in [6, 6.07) is 2.72. The van der Waals surface area contributed by atoms with Crippen molar-refractivity contribution in [3.63, 3.8) is 0 Å². The predicted octanol–water partition coefficient (Wildman–Crippen LogP) is 0.582. The molecule has 0 aliphatic carbocycles. The molecule has 0 aliphatic heterocycles. The molecule has 1 aromatic heterocycles. The molecule has 0 radical (unpaired) electrons. The summed E-state index contributed by atoms with van der Waals surface area (Å²) in [5.74, 6) is 0.0763. The van der Waals surface area contributed by atoms with Gasteiger partial charge in [-0.2, -0.15) is 0 Å². The molecule has 1 aromatic rings. The number of aromatic nitrogens is 1. The third-order valence-electron chi connectivity index (χ3n) is 0.988. The van der Waals surface area contributed by atoms with Gasteiger partial charge in [-0.05, 0) is 12.1 Å². The maximum Gasteiger partial charge on any atom is 0.141 e. The van der Waals surface area contributed by atoms with Crippen LogP contribution in [-0.2, 0) is 0 Å². The van der Waals surface area contributed by atoms with Gasteiger partial charge in [-0.3, -0.25) is 0 Å². The Kier molecular flexibility index (Phi) is 2.17. The Morgan fingerprint density at radius 3 is 2.90 bits per heavy atom. The van der Waals surface area contributed by atoms with E-state index in [0.29, 0.717) is 5.82 Å². The Balaban J connectivity index is 2.69. The van der Waals surface area contributed by atoms with Crippen molar-refractivity contribution in [3.05, 3.63) is 24.1 Å². The molecule has 54 valence electrons. The molecular formula is C6H7FN2O. The Hall–Kier alpha value is -1.16. The first-order valence-corrected chi connectivity index (χ1v) is 2.79. The molecule has 0 unspecified atom stereocenters. The first-order chi connectivity index (χ1) is 4.83. The first kappa shape index (κ1) is 6.95. The summed E-state index contributed by atoms with van der Waals surface area (Å²) in [4.78, 5) is 3.62. The van der Waals surface area contributed by atoms with Crippen LogP contribution >= 0.6 is 0 Å². The number of anilines is 1. The van der Waals surface area contributed by atoms with Crippen LogP contribution < -0.4 is 5.32 Å². The van der Waals surface area contributed by atoms with Crippen LogP contribution in [0, 0.1) is 5.82 Å². The van der Waals surface area contributed by atoms with Crippen LogP contribution in [0.25, 0.3) is 0 Å². The van der Waals surface area contributed by atoms with Crippen LogP contribution in [0.5, 0.6) is 0 Å². The highest BCUT2D eigenvalue weighted by Gasteiger charge is 1.90. The fraction of sp³-hybridized carbons (Fsp3) is 0.167. The highest BCUT2D eigenvalue weighted by Crippen LogP contribution is 2.01. The molecule has 0 fully saturated rings. The molecule has 1 rings (SSSR count). The summed E-state index contributed by atoms with van der Waals surface area (Å²) < 4.78 is 12.2. The Labute approximate surface area is 57.5 Å². The van der Waals surface area contributed by atoms with Crippen LogP contribution in [0.2, 0.25) is 0 Å². The lowest BCUT2D eigenvalue weighted by atomic mass is 10.4. The highest BCUT2D eigenvalue weighted by atomic mass is 19.1. The molecule has 1 heterocycles. The number of rotatable bonds is 2. The lowest BCUT2D eigenvalue weighted by Crippen LogP contribution is -2.00. The molecule has 0 amide bonds. The average Bonchev–Trinajstić information content (AvgIpc) is 1.95. The SMILES string of the molecule is OCNc1ccc(F)cn1. The van der Waals surface area contributed by atoms with Gasteiger partial charge in [0.1, 0.15) is 18.4 Å². The number of halogens is 1. The van der Waals surface area contributed by atoms with Gasteiger partial charge < -0.3 is 10.4 Å². The molecular weight excluding hydrogens is 135 g/mol. The van der Waals surface area contributed by atoms with Crippen molar-refractivity contribution in [3.8, 4) is 0 Å². The minimum Gasteiger partial charge on any atom is -0.377 e. The lowest BCUT2D eigenvalue weighted by Gasteiger charge is -1.98. The quantitative estimate of drug-likeness (QED) is 0.594. The van der Waals surface area contributed by atoms with E-state index in [1.165, 1.54) is 12.1 Å². The summed E-state index contributed by atoms with van der Waals surface area (Å²) in [6.07, 6.45) is 1.08. The standard InChI is InChI=1S/C6H7FN2O/c7-5-1-2-6(8-3-5)9-4-10/h1-3,10H,4H2,(H,8,9). The fourth-order valence-electron chi connectivity index (χ4n) is 0.561. The van der Waals surface area contributed by atoms with Crippen molar-refractivity contribution in [2.75, 3.05) is 12.0 Å². The van der Waals surface area contributed by atoms with E-state index >= 15 is 0 Å². The molecule has 4 heteroatoms. The van der Waals surface area contributed by atoms with Crippen molar-refractivity contribution < 1.29 is 9.50 Å². The van der Waals surface area contributed by atoms with Gasteiger partial charge in [0.2, 0.25) is 0 Å². The van der Waals surface area contributed by atoms with Gasteiger partial charge in [-0.1, -0.05) is 0 Å². The van der Waals surface area contributed by atoms with Crippen LogP contribution in [0.3, 0.4) is 0 Å². The van der Waals surface area contributed by atoms with Crippen LogP contribution in [0.4, 0.5) is 10.2 Å². The van der Waals surface area contributed by atoms with E-state index < -0.39 is 0 Å². The van der Waals surface area contributed by atoms with Crippen molar-refractivity contribution >= 4 is 5.82 Å². The van der Waals surface area contributed by atoms with Crippen molar-refractivity contribution in [1.29, 1.82) is 0 Å². The number of hydrogen-bond donors (Lipinski definition) is 2. The first-order valence-electron chi connectivity index (χ1n) is 2.79. The predicted molar refractivity (Wildman–Crippen MR) is 34.9 cm³/mol. The van der Waals surface area contributed by atoms with Gasteiger partial charge in [-0.25, -0.2) is 9.37 Å². The second-order valence-electron chi connectivity index (χ2n) is 1.70. The van der Waals surface area contributed by atoms with Gasteiger partial charge in [-0.15, -0.1) is 0 Å². The van der Waals surface area contributed by atoms with Crippen LogP contribution in [0.15, 0.2) is 18.3 Å². The van der Waals surface area contributed by atoms with E-state index in [2.05, 4.69) is 10.3 Å². The van der Waals surface area contributed by atoms with Crippen molar-refractivity contribution in [2.45, 2.75) is 0 Å². The van der Waals surface area contributed by atoms with Crippen LogP contribution in [-0.4, -0.2) is 16.8 Å². The zero-order chi connectivity index (χ0) is 7.40. The van der Waals surface area contributed by atoms with E-state index in [1.807, 2.05) is 0 Å². The number of hydrogen-bond acceptors (Lipinski definition) is 3. The van der Waals surface area contributed by atoms with Crippen molar-refractivity contribution in [2.24, 2.45) is 0 Å². The molecule has 0 spiro atoms. The highest BCUT2D eigenvalue weighted by molar-refractivity contribution is 5.32. The minimum absolute atomic E-state index is 0.196. The topological polar surface area (TPSA) is 45.1 Å². The normalized spacial score (nSPS) is 9.40. The lowest BCUT2D eigenvalue weighted by molar-refractivity contribution is 0.325. The number of pyridine rings is 1. The van der Waals surface area contributed by atoms with E-state index in [4.69, 9.17) is 5.11 Å². The third kappa shape index (κ3) is 1.66. The van der Waals surface area contributed by atoms with E-state index in [0.717, 1.165) is 6.20 Å². The molecule has 0 bridgehead atoms. The monoisotopic (exact) mass is 142 g/mol. The summed E-state index contributed by atoms with van der Waals surface area (Å²) in [7, 11) is 0. The molecule has 0 saturated carbocycles. The van der Waals surface area contributed by atoms with Crippen molar-refractivity contribution in [1.82, 2.24) is 4.98 Å². The second kappa shape index (κ2) is 3.12. The molecule has 0 aromatic carbocycles. The van der Waals surface area contributed by atoms with E-state index in [1.54, 1.807) is 0 Å². The van der Waals surface area contributed by atoms with Gasteiger partial charge in [0, 0.05) is 0 Å². The number of nitrogens with one attached hydrogen (secondary N) is 1. The molecule has 0 saturated heterocycles. The minimum atomic E-state index is -0.386. The zero-order valence-electron chi connectivity index (χ0n) is 5.21. The Morgan fingerprint density at radius 2 is 2.40 bits per heavy atom. The maximum absolute atomic E-state index is 12.2. The summed E-state index contributed by atoms with van der Waals surface area (Å²) in [5.41, 5.74) is 0. The molecule has 2 N–H and O–H groups in total. The number of nitrogens with zero attached hydrogens (tertiary/aromatic N) is 1. The number of aliphatic hydroxyl groups is 1. The summed E-state index contributed by atoms with van der Waals surface area (Å²) in [5, 5.41) is 10.9. The van der Waals surface area contributed by atoms with E-state index in [-0.39, 0.29) is 12.5 Å². The molecule has 0 aliphatic rings. The smallest absolute Gasteiger partial charge is 0.141 e. The molecule has 10 heavy (non-hydrogen) atoms. The third-order valence-corrected chi connectivity index (χ3v) is 0.988. The Bertz CT molecular complexity index is 199. The summed E-state index contributed by atoms with van der Waals surface area (Å²) >= 11 is 0. The zero-order valence-corrected chi connectivity index (χ0v) is 5.21. The fourth-order valence-corrected chi connectivity index (χ4v) is 0.561. The van der Waals surface area contributed by atoms with Gasteiger partial charge >= 0.3 is 0 Å². The van der Waals surface area contributed by atoms with Gasteiger partial charge in [0.25, 0.3) is 0 Å². The summed E-state index contributed by atoms with van der Waals surface area (Å²) in [6.45, 7) is -0.196. The average molecular weight is 142 g/mol. The number of aliphatic hydroxyl groups excluding tert-OH is 1. The maximum atomic E-state index is 12.2. The van der Waals surface area contributed by atoms with Gasteiger partial charge in [0.15, 0.2) is 0 Å². The van der Waals surface area contributed by atoms with Crippen LogP contribution in [0.1, 0.15) is 0 Å². The van der Waals surface area contributed by atoms with Gasteiger partial charge in [0.05, 0.1) is 6.20 Å². The Morgan fingerprint density at radius 1 is 1.60 bits per heavy atom. The molecule has 0 atom stereocenters. The molecule has 3 nitrogen and oxygen atoms in total. The largest absolute Gasteiger partial charge is 0.377 e.